The maximum atomic E-state index is 9.50. The van der Waals surface area contributed by atoms with E-state index in [1.165, 1.54) is 0 Å². The lowest BCUT2D eigenvalue weighted by Crippen LogP contribution is -1.93. The third kappa shape index (κ3) is 3.50. The topological polar surface area (TPSA) is 29.5 Å². The van der Waals surface area contributed by atoms with Crippen molar-refractivity contribution in [2.24, 2.45) is 0 Å². The second-order valence-electron chi connectivity index (χ2n) is 4.38. The Kier molecular flexibility index (Phi) is 4.50. The second kappa shape index (κ2) is 5.95. The van der Waals surface area contributed by atoms with E-state index in [9.17, 15) is 5.11 Å². The lowest BCUT2D eigenvalue weighted by molar-refractivity contribution is 0.199. The fourth-order valence-electron chi connectivity index (χ4n) is 1.71. The lowest BCUT2D eigenvalue weighted by atomic mass is 10.1. The van der Waals surface area contributed by atoms with Gasteiger partial charge in [-0.05, 0) is 55.3 Å². The van der Waals surface area contributed by atoms with E-state index in [0.29, 0.717) is 10.8 Å². The van der Waals surface area contributed by atoms with Gasteiger partial charge >= 0.3 is 0 Å². The van der Waals surface area contributed by atoms with E-state index in [2.05, 4.69) is 15.9 Å². The molecule has 1 atom stereocenters. The highest BCUT2D eigenvalue weighted by molar-refractivity contribution is 9.10. The summed E-state index contributed by atoms with van der Waals surface area (Å²) in [6, 6.07) is 11.1. The van der Waals surface area contributed by atoms with Gasteiger partial charge in [-0.25, -0.2) is 0 Å². The van der Waals surface area contributed by atoms with Crippen molar-refractivity contribution in [3.63, 3.8) is 0 Å². The molecule has 0 saturated carbocycles. The predicted octanol–water partition coefficient (Wildman–Crippen LogP) is 5.26. The highest BCUT2D eigenvalue weighted by Crippen LogP contribution is 2.33. The molecule has 0 aliphatic carbocycles. The molecule has 0 amide bonds. The summed E-state index contributed by atoms with van der Waals surface area (Å²) < 4.78 is 6.80. The van der Waals surface area contributed by atoms with Gasteiger partial charge in [0, 0.05) is 4.47 Å². The Balaban J connectivity index is 2.28. The van der Waals surface area contributed by atoms with E-state index in [0.717, 1.165) is 21.3 Å². The Morgan fingerprint density at radius 2 is 1.84 bits per heavy atom. The van der Waals surface area contributed by atoms with Crippen molar-refractivity contribution < 1.29 is 9.84 Å². The van der Waals surface area contributed by atoms with Gasteiger partial charge in [-0.1, -0.05) is 33.6 Å². The van der Waals surface area contributed by atoms with E-state index in [-0.39, 0.29) is 0 Å². The number of hydrogen-bond acceptors (Lipinski definition) is 2. The minimum absolute atomic E-state index is 0.487. The fraction of sp³-hybridized carbons (Fsp3) is 0.200. The minimum Gasteiger partial charge on any atom is -0.456 e. The summed E-state index contributed by atoms with van der Waals surface area (Å²) in [4.78, 5) is 0. The molecule has 0 spiro atoms. The molecule has 4 heteroatoms. The molecule has 0 saturated heterocycles. The van der Waals surface area contributed by atoms with Gasteiger partial charge in [0.1, 0.15) is 11.5 Å². The molecule has 0 aliphatic heterocycles. The van der Waals surface area contributed by atoms with E-state index in [1.807, 2.05) is 25.1 Å². The first kappa shape index (κ1) is 14.4. The van der Waals surface area contributed by atoms with Crippen molar-refractivity contribution in [3.8, 4) is 11.5 Å². The van der Waals surface area contributed by atoms with Crippen LogP contribution in [0.15, 0.2) is 40.9 Å². The van der Waals surface area contributed by atoms with Crippen LogP contribution < -0.4 is 4.74 Å². The monoisotopic (exact) mass is 340 g/mol. The summed E-state index contributed by atoms with van der Waals surface area (Å²) in [5.41, 5.74) is 1.79. The first-order valence-electron chi connectivity index (χ1n) is 5.89. The van der Waals surface area contributed by atoms with Crippen LogP contribution in [0.3, 0.4) is 0 Å². The number of aliphatic hydroxyl groups is 1. The summed E-state index contributed by atoms with van der Waals surface area (Å²) in [7, 11) is 0. The number of rotatable bonds is 3. The SMILES string of the molecule is Cc1cc(Br)ccc1Oc1ccc([C@@H](C)O)cc1Cl. The standard InChI is InChI=1S/C15H14BrClO2/c1-9-7-12(16)4-6-14(9)19-15-5-3-11(10(2)18)8-13(15)17/h3-8,10,18H,1-2H3/t10-/m1/s1. The van der Waals surface area contributed by atoms with Gasteiger partial charge < -0.3 is 9.84 Å². The molecule has 2 aromatic carbocycles. The third-order valence-electron chi connectivity index (χ3n) is 2.80. The minimum atomic E-state index is -0.541. The van der Waals surface area contributed by atoms with E-state index in [1.54, 1.807) is 25.1 Å². The first-order chi connectivity index (χ1) is 8.97. The Hall–Kier alpha value is -1.03. The Bertz CT molecular complexity index is 597. The molecule has 2 nitrogen and oxygen atoms in total. The van der Waals surface area contributed by atoms with Crippen LogP contribution in [0.1, 0.15) is 24.2 Å². The van der Waals surface area contributed by atoms with Crippen LogP contribution in [0, 0.1) is 6.92 Å². The third-order valence-corrected chi connectivity index (χ3v) is 3.58. The Morgan fingerprint density at radius 3 is 2.42 bits per heavy atom. The first-order valence-corrected chi connectivity index (χ1v) is 7.06. The molecular weight excluding hydrogens is 328 g/mol. The van der Waals surface area contributed by atoms with Gasteiger partial charge in [0.25, 0.3) is 0 Å². The molecule has 0 aliphatic rings. The quantitative estimate of drug-likeness (QED) is 0.825. The van der Waals surface area contributed by atoms with Gasteiger partial charge in [0.05, 0.1) is 11.1 Å². The molecule has 0 aromatic heterocycles. The number of aryl methyl sites for hydroxylation is 1. The zero-order chi connectivity index (χ0) is 14.0. The largest absolute Gasteiger partial charge is 0.456 e. The maximum Gasteiger partial charge on any atom is 0.146 e. The van der Waals surface area contributed by atoms with Gasteiger partial charge in [0.15, 0.2) is 0 Å². The Labute approximate surface area is 126 Å². The molecule has 100 valence electrons. The number of aliphatic hydroxyl groups excluding tert-OH is 1. The molecule has 0 radical (unpaired) electrons. The molecular formula is C15H14BrClO2. The average Bonchev–Trinajstić information content (AvgIpc) is 2.34. The summed E-state index contributed by atoms with van der Waals surface area (Å²) in [5, 5.41) is 9.99. The zero-order valence-electron chi connectivity index (χ0n) is 10.7. The number of ether oxygens (including phenoxy) is 1. The second-order valence-corrected chi connectivity index (χ2v) is 5.70. The van der Waals surface area contributed by atoms with Gasteiger partial charge in [0.2, 0.25) is 0 Å². The molecule has 0 unspecified atom stereocenters. The molecule has 1 N–H and O–H groups in total. The lowest BCUT2D eigenvalue weighted by Gasteiger charge is -2.12. The predicted molar refractivity (Wildman–Crippen MR) is 81.0 cm³/mol. The van der Waals surface area contributed by atoms with Crippen molar-refractivity contribution in [1.82, 2.24) is 0 Å². The molecule has 2 rings (SSSR count). The van der Waals surface area contributed by atoms with Gasteiger partial charge in [-0.3, -0.25) is 0 Å². The summed E-state index contributed by atoms with van der Waals surface area (Å²) >= 11 is 9.57. The Morgan fingerprint density at radius 1 is 1.16 bits per heavy atom. The summed E-state index contributed by atoms with van der Waals surface area (Å²) in [6.45, 7) is 3.67. The highest BCUT2D eigenvalue weighted by Gasteiger charge is 2.09. The molecule has 0 fully saturated rings. The fourth-order valence-corrected chi connectivity index (χ4v) is 2.41. The highest BCUT2D eigenvalue weighted by atomic mass is 79.9. The van der Waals surface area contributed by atoms with E-state index in [4.69, 9.17) is 16.3 Å². The van der Waals surface area contributed by atoms with Crippen LogP contribution in [-0.4, -0.2) is 5.11 Å². The maximum absolute atomic E-state index is 9.50. The smallest absolute Gasteiger partial charge is 0.146 e. The number of hydrogen-bond donors (Lipinski definition) is 1. The van der Waals surface area contributed by atoms with Crippen molar-refractivity contribution in [3.05, 3.63) is 57.0 Å². The molecule has 0 bridgehead atoms. The van der Waals surface area contributed by atoms with Crippen molar-refractivity contribution in [2.75, 3.05) is 0 Å². The van der Waals surface area contributed by atoms with Crippen molar-refractivity contribution in [1.29, 1.82) is 0 Å². The molecule has 19 heavy (non-hydrogen) atoms. The number of halogens is 2. The normalized spacial score (nSPS) is 12.3. The van der Waals surface area contributed by atoms with E-state index < -0.39 is 6.10 Å². The van der Waals surface area contributed by atoms with Crippen LogP contribution in [0.5, 0.6) is 11.5 Å². The van der Waals surface area contributed by atoms with Crippen LogP contribution in [0.4, 0.5) is 0 Å². The molecule has 0 heterocycles. The molecule has 2 aromatic rings. The number of benzene rings is 2. The van der Waals surface area contributed by atoms with Crippen molar-refractivity contribution in [2.45, 2.75) is 20.0 Å². The van der Waals surface area contributed by atoms with Gasteiger partial charge in [-0.2, -0.15) is 0 Å². The average molecular weight is 342 g/mol. The summed E-state index contributed by atoms with van der Waals surface area (Å²) in [5.74, 6) is 1.34. The van der Waals surface area contributed by atoms with Crippen LogP contribution >= 0.6 is 27.5 Å². The van der Waals surface area contributed by atoms with Crippen molar-refractivity contribution >= 4 is 27.5 Å². The van der Waals surface area contributed by atoms with Gasteiger partial charge in [-0.15, -0.1) is 0 Å². The summed E-state index contributed by atoms with van der Waals surface area (Å²) in [6.07, 6.45) is -0.541. The van der Waals surface area contributed by atoms with Crippen LogP contribution in [0.2, 0.25) is 5.02 Å². The van der Waals surface area contributed by atoms with E-state index >= 15 is 0 Å². The van der Waals surface area contributed by atoms with Crippen LogP contribution in [-0.2, 0) is 0 Å². The zero-order valence-corrected chi connectivity index (χ0v) is 13.0. The van der Waals surface area contributed by atoms with Crippen LogP contribution in [0.25, 0.3) is 0 Å².